The Labute approximate surface area is 114 Å². The van der Waals surface area contributed by atoms with Gasteiger partial charge in [0.15, 0.2) is 0 Å². The molecule has 1 heterocycles. The van der Waals surface area contributed by atoms with Gasteiger partial charge in [0.1, 0.15) is 0 Å². The largest absolute Gasteiger partial charge is 0.399 e. The quantitative estimate of drug-likeness (QED) is 0.787. The van der Waals surface area contributed by atoms with Gasteiger partial charge in [0, 0.05) is 23.8 Å². The first-order chi connectivity index (χ1) is 9.25. The number of likely N-dealkylation sites (tertiary alicyclic amines) is 1. The summed E-state index contributed by atoms with van der Waals surface area (Å²) in [6, 6.07) is 7.81. The highest BCUT2D eigenvalue weighted by Crippen LogP contribution is 2.35. The highest BCUT2D eigenvalue weighted by Gasteiger charge is 2.35. The van der Waals surface area contributed by atoms with Crippen molar-refractivity contribution in [2.45, 2.75) is 44.6 Å². The van der Waals surface area contributed by atoms with Gasteiger partial charge in [0.05, 0.1) is 0 Å². The fourth-order valence-corrected chi connectivity index (χ4v) is 3.67. The lowest BCUT2D eigenvalue weighted by molar-refractivity contribution is 0.0391. The predicted molar refractivity (Wildman–Crippen MR) is 76.9 cm³/mol. The van der Waals surface area contributed by atoms with E-state index in [0.717, 1.165) is 24.4 Å². The number of benzene rings is 1. The van der Waals surface area contributed by atoms with Crippen LogP contribution in [-0.2, 0) is 0 Å². The topological polar surface area (TPSA) is 46.3 Å². The van der Waals surface area contributed by atoms with Crippen molar-refractivity contribution in [2.24, 2.45) is 5.92 Å². The summed E-state index contributed by atoms with van der Waals surface area (Å²) in [6.45, 7) is 0.921. The maximum atomic E-state index is 12.7. The number of carbonyl (C=O) groups is 1. The molecule has 0 unspecified atom stereocenters. The molecule has 1 saturated carbocycles. The number of nitrogens with zero attached hydrogens (tertiary/aromatic N) is 1. The Balaban J connectivity index is 1.79. The van der Waals surface area contributed by atoms with E-state index in [1.54, 1.807) is 0 Å². The molecule has 1 aromatic rings. The maximum absolute atomic E-state index is 12.7. The molecule has 1 aliphatic carbocycles. The molecule has 19 heavy (non-hydrogen) atoms. The summed E-state index contributed by atoms with van der Waals surface area (Å²) in [6.07, 6.45) is 7.55. The third-order valence-corrected chi connectivity index (χ3v) is 4.66. The molecule has 0 bridgehead atoms. The predicted octanol–water partition coefficient (Wildman–Crippen LogP) is 3.06. The summed E-state index contributed by atoms with van der Waals surface area (Å²) in [5.74, 6) is 0.928. The standard InChI is InChI=1S/C16H22N2O/c17-14-9-7-13(8-10-14)16(19)18-11-3-5-12-4-1-2-6-15(12)18/h7-10,12,15H,1-6,11,17H2/t12-,15+/m1/s1. The van der Waals surface area contributed by atoms with Crippen LogP contribution in [0.1, 0.15) is 48.9 Å². The van der Waals surface area contributed by atoms with Crippen LogP contribution in [0.2, 0.25) is 0 Å². The van der Waals surface area contributed by atoms with Crippen molar-refractivity contribution in [1.82, 2.24) is 4.90 Å². The molecule has 2 aliphatic rings. The molecular weight excluding hydrogens is 236 g/mol. The Kier molecular flexibility index (Phi) is 3.45. The second-order valence-corrected chi connectivity index (χ2v) is 5.87. The highest BCUT2D eigenvalue weighted by molar-refractivity contribution is 5.94. The number of hydrogen-bond acceptors (Lipinski definition) is 2. The molecule has 3 rings (SSSR count). The van der Waals surface area contributed by atoms with Gasteiger partial charge in [0.2, 0.25) is 0 Å². The van der Waals surface area contributed by atoms with E-state index >= 15 is 0 Å². The van der Waals surface area contributed by atoms with Crippen LogP contribution in [0.4, 0.5) is 5.69 Å². The highest BCUT2D eigenvalue weighted by atomic mass is 16.2. The zero-order valence-corrected chi connectivity index (χ0v) is 11.3. The summed E-state index contributed by atoms with van der Waals surface area (Å²) >= 11 is 0. The lowest BCUT2D eigenvalue weighted by Gasteiger charge is -2.44. The Hall–Kier alpha value is -1.51. The molecule has 1 aromatic carbocycles. The third kappa shape index (κ3) is 2.46. The molecule has 0 radical (unpaired) electrons. The van der Waals surface area contributed by atoms with Gasteiger partial charge in [-0.1, -0.05) is 12.8 Å². The van der Waals surface area contributed by atoms with E-state index in [1.807, 2.05) is 24.3 Å². The summed E-state index contributed by atoms with van der Waals surface area (Å²) in [5, 5.41) is 0. The van der Waals surface area contributed by atoms with Gasteiger partial charge < -0.3 is 10.6 Å². The first-order valence-electron chi connectivity index (χ1n) is 7.42. The molecule has 102 valence electrons. The van der Waals surface area contributed by atoms with Gasteiger partial charge in [-0.05, 0) is 55.9 Å². The van der Waals surface area contributed by atoms with Gasteiger partial charge >= 0.3 is 0 Å². The van der Waals surface area contributed by atoms with E-state index in [-0.39, 0.29) is 5.91 Å². The fraction of sp³-hybridized carbons (Fsp3) is 0.562. The van der Waals surface area contributed by atoms with Crippen LogP contribution in [0, 0.1) is 5.92 Å². The molecule has 1 aliphatic heterocycles. The monoisotopic (exact) mass is 258 g/mol. The Bertz CT molecular complexity index is 452. The van der Waals surface area contributed by atoms with Gasteiger partial charge in [-0.15, -0.1) is 0 Å². The smallest absolute Gasteiger partial charge is 0.254 e. The van der Waals surface area contributed by atoms with E-state index in [4.69, 9.17) is 5.73 Å². The Morgan fingerprint density at radius 3 is 2.53 bits per heavy atom. The summed E-state index contributed by atoms with van der Waals surface area (Å²) in [4.78, 5) is 14.8. The molecule has 0 spiro atoms. The van der Waals surface area contributed by atoms with Crippen molar-refractivity contribution in [1.29, 1.82) is 0 Å². The first-order valence-corrected chi connectivity index (χ1v) is 7.42. The molecule has 2 fully saturated rings. The number of amides is 1. The number of fused-ring (bicyclic) bond motifs is 1. The fourth-order valence-electron chi connectivity index (χ4n) is 3.67. The minimum Gasteiger partial charge on any atom is -0.399 e. The van der Waals surface area contributed by atoms with E-state index < -0.39 is 0 Å². The number of hydrogen-bond donors (Lipinski definition) is 1. The second-order valence-electron chi connectivity index (χ2n) is 5.87. The lowest BCUT2D eigenvalue weighted by Crippen LogP contribution is -2.49. The zero-order valence-electron chi connectivity index (χ0n) is 11.3. The molecule has 3 heteroatoms. The van der Waals surface area contributed by atoms with E-state index in [2.05, 4.69) is 4.90 Å². The Morgan fingerprint density at radius 1 is 1.05 bits per heavy atom. The van der Waals surface area contributed by atoms with Crippen LogP contribution < -0.4 is 5.73 Å². The first kappa shape index (κ1) is 12.5. The Morgan fingerprint density at radius 2 is 1.74 bits per heavy atom. The second kappa shape index (κ2) is 5.24. The van der Waals surface area contributed by atoms with Gasteiger partial charge in [-0.3, -0.25) is 4.79 Å². The van der Waals surface area contributed by atoms with Crippen molar-refractivity contribution >= 4 is 11.6 Å². The van der Waals surface area contributed by atoms with Crippen LogP contribution in [-0.4, -0.2) is 23.4 Å². The van der Waals surface area contributed by atoms with Gasteiger partial charge in [-0.2, -0.15) is 0 Å². The van der Waals surface area contributed by atoms with Crippen LogP contribution in [0.5, 0.6) is 0 Å². The van der Waals surface area contributed by atoms with Crippen molar-refractivity contribution in [2.75, 3.05) is 12.3 Å². The van der Waals surface area contributed by atoms with Gasteiger partial charge in [-0.25, -0.2) is 0 Å². The van der Waals surface area contributed by atoms with E-state index in [1.165, 1.54) is 32.1 Å². The van der Waals surface area contributed by atoms with Gasteiger partial charge in [0.25, 0.3) is 5.91 Å². The zero-order chi connectivity index (χ0) is 13.2. The SMILES string of the molecule is Nc1ccc(C(=O)N2CCC[C@H]3CCCC[C@@H]32)cc1. The van der Waals surface area contributed by atoms with Crippen LogP contribution in [0.25, 0.3) is 0 Å². The van der Waals surface area contributed by atoms with Crippen LogP contribution in [0.15, 0.2) is 24.3 Å². The van der Waals surface area contributed by atoms with Crippen molar-refractivity contribution in [3.63, 3.8) is 0 Å². The van der Waals surface area contributed by atoms with Crippen LogP contribution in [0.3, 0.4) is 0 Å². The normalized spacial score (nSPS) is 26.8. The molecule has 3 nitrogen and oxygen atoms in total. The number of rotatable bonds is 1. The van der Waals surface area contributed by atoms with Crippen molar-refractivity contribution in [3.8, 4) is 0 Å². The number of carbonyl (C=O) groups excluding carboxylic acids is 1. The third-order valence-electron chi connectivity index (χ3n) is 4.66. The number of anilines is 1. The number of piperidine rings is 1. The summed E-state index contributed by atoms with van der Waals surface area (Å²) in [7, 11) is 0. The van der Waals surface area contributed by atoms with Crippen molar-refractivity contribution in [3.05, 3.63) is 29.8 Å². The molecule has 0 aromatic heterocycles. The average Bonchev–Trinajstić information content (AvgIpc) is 2.47. The van der Waals surface area contributed by atoms with Crippen LogP contribution >= 0.6 is 0 Å². The minimum atomic E-state index is 0.191. The maximum Gasteiger partial charge on any atom is 0.254 e. The molecule has 1 amide bonds. The molecule has 2 N–H and O–H groups in total. The minimum absolute atomic E-state index is 0.191. The molecular formula is C16H22N2O. The number of nitrogen functional groups attached to an aromatic ring is 1. The molecule has 1 saturated heterocycles. The van der Waals surface area contributed by atoms with E-state index in [0.29, 0.717) is 11.7 Å². The molecule has 2 atom stereocenters. The van der Waals surface area contributed by atoms with Crippen molar-refractivity contribution < 1.29 is 4.79 Å². The average molecular weight is 258 g/mol. The van der Waals surface area contributed by atoms with E-state index in [9.17, 15) is 4.79 Å². The number of nitrogens with two attached hydrogens (primary N) is 1. The summed E-state index contributed by atoms with van der Waals surface area (Å²) in [5.41, 5.74) is 7.18. The lowest BCUT2D eigenvalue weighted by atomic mass is 9.78. The summed E-state index contributed by atoms with van der Waals surface area (Å²) < 4.78 is 0.